The molecule has 0 heterocycles. The molecule has 2 aromatic rings. The summed E-state index contributed by atoms with van der Waals surface area (Å²) in [6, 6.07) is 17.1. The number of ether oxygens (including phenoxy) is 2. The van der Waals surface area contributed by atoms with Crippen LogP contribution >= 0.6 is 0 Å². The number of benzene rings is 2. The largest absolute Gasteiger partial charge is 0.493 e. The lowest BCUT2D eigenvalue weighted by molar-refractivity contribution is -0.117. The summed E-state index contributed by atoms with van der Waals surface area (Å²) in [6.45, 7) is 2.48. The monoisotopic (exact) mass is 379 g/mol. The molecule has 0 bridgehead atoms. The third-order valence-corrected chi connectivity index (χ3v) is 4.27. The first-order chi connectivity index (χ1) is 13.6. The molecule has 0 radical (unpaired) electrons. The molecular weight excluding hydrogens is 354 g/mol. The van der Waals surface area contributed by atoms with Crippen LogP contribution in [0.4, 0.5) is 0 Å². The Bertz CT molecular complexity index is 857. The van der Waals surface area contributed by atoms with Crippen LogP contribution in [0.25, 0.3) is 0 Å². The number of hydrogen-bond acceptors (Lipinski definition) is 5. The first-order valence-electron chi connectivity index (χ1n) is 8.99. The fraction of sp³-hybridized carbons (Fsp3) is 0.273. The van der Waals surface area contributed by atoms with E-state index in [2.05, 4.69) is 10.6 Å². The molecule has 6 nitrogen and oxygen atoms in total. The maximum Gasteiger partial charge on any atom is 0.263 e. The van der Waals surface area contributed by atoms with Crippen molar-refractivity contribution in [3.05, 3.63) is 71.4 Å². The van der Waals surface area contributed by atoms with Gasteiger partial charge in [0.1, 0.15) is 11.6 Å². The number of carbonyl (C=O) groups excluding carboxylic acids is 1. The topological polar surface area (TPSA) is 83.4 Å². The maximum absolute atomic E-state index is 12.4. The molecule has 0 aliphatic heterocycles. The van der Waals surface area contributed by atoms with Crippen molar-refractivity contribution in [3.8, 4) is 17.6 Å². The molecule has 2 rings (SSSR count). The number of rotatable bonds is 9. The summed E-state index contributed by atoms with van der Waals surface area (Å²) < 4.78 is 10.5. The third-order valence-electron chi connectivity index (χ3n) is 4.27. The molecule has 2 N–H and O–H groups in total. The Kier molecular flexibility index (Phi) is 7.92. The zero-order valence-electron chi connectivity index (χ0n) is 16.4. The van der Waals surface area contributed by atoms with Crippen LogP contribution < -0.4 is 20.1 Å². The van der Waals surface area contributed by atoms with E-state index in [4.69, 9.17) is 9.47 Å². The summed E-state index contributed by atoms with van der Waals surface area (Å²) in [5, 5.41) is 15.1. The molecule has 0 fully saturated rings. The van der Waals surface area contributed by atoms with Crippen molar-refractivity contribution >= 4 is 5.91 Å². The van der Waals surface area contributed by atoms with E-state index in [1.165, 1.54) is 11.8 Å². The van der Waals surface area contributed by atoms with Crippen LogP contribution in [0.15, 0.2) is 60.3 Å². The van der Waals surface area contributed by atoms with Crippen molar-refractivity contribution in [1.82, 2.24) is 10.6 Å². The highest BCUT2D eigenvalue weighted by Crippen LogP contribution is 2.29. The van der Waals surface area contributed by atoms with Gasteiger partial charge >= 0.3 is 0 Å². The minimum absolute atomic E-state index is 0.0281. The fourth-order valence-corrected chi connectivity index (χ4v) is 2.66. The second-order valence-electron chi connectivity index (χ2n) is 6.17. The van der Waals surface area contributed by atoms with Gasteiger partial charge in [-0.25, -0.2) is 0 Å². The highest BCUT2D eigenvalue weighted by atomic mass is 16.5. The summed E-state index contributed by atoms with van der Waals surface area (Å²) in [5.41, 5.74) is 2.06. The number of nitrogens with zero attached hydrogens (tertiary/aromatic N) is 1. The maximum atomic E-state index is 12.4. The number of carbonyl (C=O) groups is 1. The van der Waals surface area contributed by atoms with Crippen molar-refractivity contribution in [2.75, 3.05) is 20.8 Å². The average molecular weight is 379 g/mol. The van der Waals surface area contributed by atoms with Gasteiger partial charge < -0.3 is 20.1 Å². The highest BCUT2D eigenvalue weighted by Gasteiger charge is 2.15. The van der Waals surface area contributed by atoms with Gasteiger partial charge in [-0.2, -0.15) is 5.26 Å². The van der Waals surface area contributed by atoms with E-state index in [0.29, 0.717) is 18.0 Å². The smallest absolute Gasteiger partial charge is 0.263 e. The van der Waals surface area contributed by atoms with Gasteiger partial charge in [0, 0.05) is 12.7 Å². The Labute approximate surface area is 165 Å². The Morgan fingerprint density at radius 2 is 1.86 bits per heavy atom. The Morgan fingerprint density at radius 1 is 1.14 bits per heavy atom. The molecule has 6 heteroatoms. The molecule has 1 amide bonds. The summed E-state index contributed by atoms with van der Waals surface area (Å²) in [7, 11) is 3.13. The van der Waals surface area contributed by atoms with Crippen molar-refractivity contribution in [2.24, 2.45) is 0 Å². The van der Waals surface area contributed by atoms with E-state index >= 15 is 0 Å². The van der Waals surface area contributed by atoms with Gasteiger partial charge in [-0.1, -0.05) is 36.4 Å². The van der Waals surface area contributed by atoms with Gasteiger partial charge in [0.15, 0.2) is 11.5 Å². The lowest BCUT2D eigenvalue weighted by Gasteiger charge is -2.16. The zero-order chi connectivity index (χ0) is 20.4. The minimum atomic E-state index is -0.433. The van der Waals surface area contributed by atoms with Gasteiger partial charge in [-0.15, -0.1) is 0 Å². The highest BCUT2D eigenvalue weighted by molar-refractivity contribution is 5.97. The Hall–Kier alpha value is -3.46. The number of amides is 1. The third kappa shape index (κ3) is 5.78. The molecule has 2 aromatic carbocycles. The predicted octanol–water partition coefficient (Wildman–Crippen LogP) is 3.12. The minimum Gasteiger partial charge on any atom is -0.493 e. The van der Waals surface area contributed by atoms with Crippen molar-refractivity contribution in [3.63, 3.8) is 0 Å². The standard InChI is InChI=1S/C22H25N3O3/c1-16(18-9-10-20(27-2)21(13-18)28-3)25-22(26)19(14-23)15-24-12-11-17-7-5-4-6-8-17/h4-10,13,15-16,24H,11-12H2,1-3H3,(H,25,26)/b19-15-. The van der Waals surface area contributed by atoms with Crippen LogP contribution in [-0.2, 0) is 11.2 Å². The van der Waals surface area contributed by atoms with Crippen LogP contribution in [-0.4, -0.2) is 26.7 Å². The molecule has 28 heavy (non-hydrogen) atoms. The molecular formula is C22H25N3O3. The fourth-order valence-electron chi connectivity index (χ4n) is 2.66. The number of hydrogen-bond donors (Lipinski definition) is 2. The molecule has 0 spiro atoms. The lowest BCUT2D eigenvalue weighted by atomic mass is 10.1. The summed E-state index contributed by atoms with van der Waals surface area (Å²) >= 11 is 0. The van der Waals surface area contributed by atoms with Crippen LogP contribution in [0.2, 0.25) is 0 Å². The molecule has 0 aliphatic carbocycles. The molecule has 1 unspecified atom stereocenters. The summed E-state index contributed by atoms with van der Waals surface area (Å²) in [4.78, 5) is 12.4. The second-order valence-corrected chi connectivity index (χ2v) is 6.17. The van der Waals surface area contributed by atoms with E-state index in [1.807, 2.05) is 49.4 Å². The van der Waals surface area contributed by atoms with Crippen LogP contribution in [0.5, 0.6) is 11.5 Å². The SMILES string of the molecule is COc1ccc(C(C)NC(=O)/C(C#N)=C\NCCc2ccccc2)cc1OC. The molecule has 0 aromatic heterocycles. The number of nitriles is 1. The van der Waals surface area contributed by atoms with Crippen LogP contribution in [0.1, 0.15) is 24.1 Å². The summed E-state index contributed by atoms with van der Waals surface area (Å²) in [5.74, 6) is 0.765. The molecule has 0 saturated carbocycles. The number of nitrogens with one attached hydrogen (secondary N) is 2. The van der Waals surface area contributed by atoms with Crippen LogP contribution in [0, 0.1) is 11.3 Å². The van der Waals surface area contributed by atoms with E-state index in [-0.39, 0.29) is 11.6 Å². The van der Waals surface area contributed by atoms with E-state index in [0.717, 1.165) is 12.0 Å². The normalized spacial score (nSPS) is 11.9. The van der Waals surface area contributed by atoms with E-state index < -0.39 is 5.91 Å². The lowest BCUT2D eigenvalue weighted by Crippen LogP contribution is -2.28. The predicted molar refractivity (Wildman–Crippen MR) is 108 cm³/mol. The Morgan fingerprint density at radius 3 is 2.50 bits per heavy atom. The quantitative estimate of drug-likeness (QED) is 0.397. The first kappa shape index (κ1) is 20.8. The van der Waals surface area contributed by atoms with E-state index in [9.17, 15) is 10.1 Å². The molecule has 0 saturated heterocycles. The van der Waals surface area contributed by atoms with Crippen molar-refractivity contribution < 1.29 is 14.3 Å². The van der Waals surface area contributed by atoms with Crippen LogP contribution in [0.3, 0.4) is 0 Å². The second kappa shape index (κ2) is 10.6. The van der Waals surface area contributed by atoms with Gasteiger partial charge in [-0.3, -0.25) is 4.79 Å². The van der Waals surface area contributed by atoms with Gasteiger partial charge in [0.25, 0.3) is 5.91 Å². The van der Waals surface area contributed by atoms with Gasteiger partial charge in [0.05, 0.1) is 20.3 Å². The molecule has 146 valence electrons. The van der Waals surface area contributed by atoms with Crippen molar-refractivity contribution in [2.45, 2.75) is 19.4 Å². The number of methoxy groups -OCH3 is 2. The summed E-state index contributed by atoms with van der Waals surface area (Å²) in [6.07, 6.45) is 2.26. The van der Waals surface area contributed by atoms with E-state index in [1.54, 1.807) is 26.4 Å². The molecule has 1 atom stereocenters. The zero-order valence-corrected chi connectivity index (χ0v) is 16.4. The molecule has 0 aliphatic rings. The first-order valence-corrected chi connectivity index (χ1v) is 8.99. The van der Waals surface area contributed by atoms with Gasteiger partial charge in [-0.05, 0) is 36.6 Å². The van der Waals surface area contributed by atoms with Gasteiger partial charge in [0.2, 0.25) is 0 Å². The van der Waals surface area contributed by atoms with Crippen molar-refractivity contribution in [1.29, 1.82) is 5.26 Å². The average Bonchev–Trinajstić information content (AvgIpc) is 2.73. The Balaban J connectivity index is 1.94.